The standard InChI is InChI=1S/C20H27N/c1-16-5-4-7-18(15-16)21-13-11-20(12-14-21)10-9-17-6-2-3-8-19(17)20/h2-4,6-8,16,18H,5,9-15H2,1H3. The molecular weight excluding hydrogens is 254 g/mol. The van der Waals surface area contributed by atoms with Crippen molar-refractivity contribution in [2.24, 2.45) is 5.92 Å². The Kier molecular flexibility index (Phi) is 3.41. The number of piperidine rings is 1. The Labute approximate surface area is 129 Å². The molecule has 21 heavy (non-hydrogen) atoms. The van der Waals surface area contributed by atoms with E-state index in [1.807, 2.05) is 0 Å². The van der Waals surface area contributed by atoms with Crippen LogP contribution in [0.2, 0.25) is 0 Å². The summed E-state index contributed by atoms with van der Waals surface area (Å²) in [6.45, 7) is 4.97. The maximum atomic E-state index is 2.75. The van der Waals surface area contributed by atoms with Crippen LogP contribution in [0.15, 0.2) is 36.4 Å². The van der Waals surface area contributed by atoms with E-state index in [1.165, 1.54) is 51.6 Å². The summed E-state index contributed by atoms with van der Waals surface area (Å²) in [5.41, 5.74) is 3.81. The molecule has 2 aliphatic carbocycles. The quantitative estimate of drug-likeness (QED) is 0.693. The third kappa shape index (κ3) is 2.36. The molecular formula is C20H27N. The van der Waals surface area contributed by atoms with Crippen LogP contribution in [0.3, 0.4) is 0 Å². The molecule has 1 aromatic rings. The van der Waals surface area contributed by atoms with Gasteiger partial charge in [0.1, 0.15) is 0 Å². The van der Waals surface area contributed by atoms with Gasteiger partial charge in [-0.25, -0.2) is 0 Å². The molecule has 1 saturated heterocycles. The second-order valence-electron chi connectivity index (χ2n) is 7.55. The molecule has 4 rings (SSSR count). The Morgan fingerprint density at radius 2 is 1.90 bits per heavy atom. The van der Waals surface area contributed by atoms with Crippen molar-refractivity contribution in [1.29, 1.82) is 0 Å². The van der Waals surface area contributed by atoms with Gasteiger partial charge < -0.3 is 0 Å². The Balaban J connectivity index is 1.48. The second-order valence-corrected chi connectivity index (χ2v) is 7.55. The lowest BCUT2D eigenvalue weighted by atomic mass is 9.73. The average molecular weight is 281 g/mol. The lowest BCUT2D eigenvalue weighted by molar-refractivity contribution is 0.119. The maximum Gasteiger partial charge on any atom is 0.0280 e. The van der Waals surface area contributed by atoms with Crippen LogP contribution in [0.4, 0.5) is 0 Å². The smallest absolute Gasteiger partial charge is 0.0280 e. The Hall–Kier alpha value is -1.08. The third-order valence-corrected chi connectivity index (χ3v) is 6.23. The summed E-state index contributed by atoms with van der Waals surface area (Å²) in [5.74, 6) is 0.864. The third-order valence-electron chi connectivity index (χ3n) is 6.23. The first-order chi connectivity index (χ1) is 10.3. The fourth-order valence-corrected chi connectivity index (χ4v) is 4.89. The molecule has 2 unspecified atom stereocenters. The van der Waals surface area contributed by atoms with Crippen LogP contribution in [0, 0.1) is 5.92 Å². The second kappa shape index (κ2) is 5.28. The predicted molar refractivity (Wildman–Crippen MR) is 88.6 cm³/mol. The van der Waals surface area contributed by atoms with Crippen molar-refractivity contribution in [3.05, 3.63) is 47.5 Å². The largest absolute Gasteiger partial charge is 0.297 e. The monoisotopic (exact) mass is 281 g/mol. The van der Waals surface area contributed by atoms with E-state index in [2.05, 4.69) is 48.2 Å². The molecule has 1 aliphatic heterocycles. The van der Waals surface area contributed by atoms with Gasteiger partial charge in [-0.1, -0.05) is 43.3 Å². The van der Waals surface area contributed by atoms with Crippen LogP contribution >= 0.6 is 0 Å². The van der Waals surface area contributed by atoms with Gasteiger partial charge in [-0.15, -0.1) is 0 Å². The lowest BCUT2D eigenvalue weighted by Crippen LogP contribution is -2.46. The molecule has 1 heterocycles. The van der Waals surface area contributed by atoms with Gasteiger partial charge >= 0.3 is 0 Å². The van der Waals surface area contributed by atoms with Gasteiger partial charge in [-0.3, -0.25) is 4.90 Å². The van der Waals surface area contributed by atoms with Crippen molar-refractivity contribution >= 4 is 0 Å². The highest BCUT2D eigenvalue weighted by molar-refractivity contribution is 5.39. The highest BCUT2D eigenvalue weighted by atomic mass is 15.2. The van der Waals surface area contributed by atoms with Gasteiger partial charge in [-0.05, 0) is 74.1 Å². The van der Waals surface area contributed by atoms with Crippen molar-refractivity contribution in [2.75, 3.05) is 13.1 Å². The predicted octanol–water partition coefficient (Wildman–Crippen LogP) is 4.32. The molecule has 0 N–H and O–H groups in total. The first kappa shape index (κ1) is 13.6. The van der Waals surface area contributed by atoms with Gasteiger partial charge in [0.25, 0.3) is 0 Å². The first-order valence-electron chi connectivity index (χ1n) is 8.76. The van der Waals surface area contributed by atoms with Crippen molar-refractivity contribution in [2.45, 2.75) is 56.9 Å². The lowest BCUT2D eigenvalue weighted by Gasteiger charge is -2.44. The van der Waals surface area contributed by atoms with Gasteiger partial charge in [0.2, 0.25) is 0 Å². The summed E-state index contributed by atoms with van der Waals surface area (Å²) in [6, 6.07) is 9.91. The van der Waals surface area contributed by atoms with Crippen molar-refractivity contribution in [3.63, 3.8) is 0 Å². The number of fused-ring (bicyclic) bond motifs is 2. The molecule has 1 fully saturated rings. The molecule has 1 spiro atoms. The zero-order valence-corrected chi connectivity index (χ0v) is 13.2. The molecule has 0 saturated carbocycles. The minimum atomic E-state index is 0.511. The minimum Gasteiger partial charge on any atom is -0.297 e. The van der Waals surface area contributed by atoms with Crippen LogP contribution in [-0.2, 0) is 11.8 Å². The van der Waals surface area contributed by atoms with E-state index in [-0.39, 0.29) is 0 Å². The Morgan fingerprint density at radius 3 is 2.71 bits per heavy atom. The maximum absolute atomic E-state index is 2.75. The number of allylic oxidation sites excluding steroid dienone is 1. The minimum absolute atomic E-state index is 0.511. The summed E-state index contributed by atoms with van der Waals surface area (Å²) >= 11 is 0. The summed E-state index contributed by atoms with van der Waals surface area (Å²) < 4.78 is 0. The number of rotatable bonds is 1. The van der Waals surface area contributed by atoms with Crippen LogP contribution in [0.5, 0.6) is 0 Å². The number of likely N-dealkylation sites (tertiary alicyclic amines) is 1. The molecule has 1 aromatic carbocycles. The Morgan fingerprint density at radius 1 is 1.10 bits per heavy atom. The van der Waals surface area contributed by atoms with E-state index in [1.54, 1.807) is 11.1 Å². The molecule has 1 heteroatoms. The van der Waals surface area contributed by atoms with Crippen LogP contribution in [-0.4, -0.2) is 24.0 Å². The summed E-state index contributed by atoms with van der Waals surface area (Å²) in [7, 11) is 0. The van der Waals surface area contributed by atoms with Crippen molar-refractivity contribution in [3.8, 4) is 0 Å². The van der Waals surface area contributed by atoms with Gasteiger partial charge in [-0.2, -0.15) is 0 Å². The summed E-state index contributed by atoms with van der Waals surface area (Å²) in [6.07, 6.45) is 12.9. The molecule has 0 bridgehead atoms. The molecule has 1 nitrogen and oxygen atoms in total. The zero-order valence-electron chi connectivity index (χ0n) is 13.2. The van der Waals surface area contributed by atoms with E-state index in [9.17, 15) is 0 Å². The number of hydrogen-bond donors (Lipinski definition) is 0. The number of aryl methyl sites for hydroxylation is 1. The topological polar surface area (TPSA) is 3.24 Å². The highest BCUT2D eigenvalue weighted by Crippen LogP contribution is 2.46. The normalized spacial score (nSPS) is 31.5. The number of hydrogen-bond acceptors (Lipinski definition) is 1. The van der Waals surface area contributed by atoms with Crippen LogP contribution < -0.4 is 0 Å². The summed E-state index contributed by atoms with van der Waals surface area (Å²) in [5, 5.41) is 0. The summed E-state index contributed by atoms with van der Waals surface area (Å²) in [4.78, 5) is 2.75. The van der Waals surface area contributed by atoms with Gasteiger partial charge in [0, 0.05) is 6.04 Å². The molecule has 0 amide bonds. The van der Waals surface area contributed by atoms with Crippen molar-refractivity contribution < 1.29 is 0 Å². The van der Waals surface area contributed by atoms with Crippen LogP contribution in [0.1, 0.15) is 50.2 Å². The van der Waals surface area contributed by atoms with Gasteiger partial charge in [0.15, 0.2) is 0 Å². The highest BCUT2D eigenvalue weighted by Gasteiger charge is 2.41. The Bertz CT molecular complexity index is 537. The van der Waals surface area contributed by atoms with E-state index in [0.717, 1.165) is 5.92 Å². The average Bonchev–Trinajstić information content (AvgIpc) is 2.87. The molecule has 0 radical (unpaired) electrons. The van der Waals surface area contributed by atoms with E-state index in [0.29, 0.717) is 11.5 Å². The zero-order chi connectivity index (χ0) is 14.3. The van der Waals surface area contributed by atoms with Gasteiger partial charge in [0.05, 0.1) is 0 Å². The number of nitrogens with zero attached hydrogens (tertiary/aromatic N) is 1. The molecule has 3 aliphatic rings. The fourth-order valence-electron chi connectivity index (χ4n) is 4.89. The molecule has 2 atom stereocenters. The fraction of sp³-hybridized carbons (Fsp3) is 0.600. The van der Waals surface area contributed by atoms with Crippen molar-refractivity contribution in [1.82, 2.24) is 4.90 Å². The SMILES string of the molecule is CC1CC=CC(N2CCC3(CCc4ccccc43)CC2)C1. The molecule has 112 valence electrons. The first-order valence-corrected chi connectivity index (χ1v) is 8.76. The number of benzene rings is 1. The van der Waals surface area contributed by atoms with E-state index in [4.69, 9.17) is 0 Å². The van der Waals surface area contributed by atoms with Crippen LogP contribution in [0.25, 0.3) is 0 Å². The molecule has 0 aromatic heterocycles. The van der Waals surface area contributed by atoms with E-state index < -0.39 is 0 Å². The van der Waals surface area contributed by atoms with E-state index >= 15 is 0 Å².